The van der Waals surface area contributed by atoms with Crippen LogP contribution in [0.4, 0.5) is 0 Å². The summed E-state index contributed by atoms with van der Waals surface area (Å²) in [5.41, 5.74) is 0. The van der Waals surface area contributed by atoms with E-state index >= 15 is 0 Å². The van der Waals surface area contributed by atoms with Gasteiger partial charge in [0.15, 0.2) is 0 Å². The quantitative estimate of drug-likeness (QED) is 0.816. The maximum absolute atomic E-state index is 12.5. The van der Waals surface area contributed by atoms with Crippen LogP contribution in [0.2, 0.25) is 0 Å². The summed E-state index contributed by atoms with van der Waals surface area (Å²) < 4.78 is 5.56. The van der Waals surface area contributed by atoms with Gasteiger partial charge in [-0.2, -0.15) is 0 Å². The lowest BCUT2D eigenvalue weighted by atomic mass is 9.97. The number of hydrogen-bond donors (Lipinski definition) is 1. The van der Waals surface area contributed by atoms with Gasteiger partial charge in [-0.05, 0) is 57.5 Å². The van der Waals surface area contributed by atoms with Crippen LogP contribution in [0.1, 0.15) is 38.5 Å². The van der Waals surface area contributed by atoms with Gasteiger partial charge in [0.2, 0.25) is 0 Å². The lowest BCUT2D eigenvalue weighted by Gasteiger charge is -2.31. The maximum Gasteiger partial charge on any atom is 0.251 e. The monoisotopic (exact) mass is 252 g/mol. The molecule has 2 aliphatic heterocycles. The molecule has 1 atom stereocenters. The lowest BCUT2D eigenvalue weighted by Crippen LogP contribution is -2.44. The van der Waals surface area contributed by atoms with Crippen molar-refractivity contribution in [3.05, 3.63) is 0 Å². The van der Waals surface area contributed by atoms with E-state index in [1.807, 2.05) is 0 Å². The number of rotatable bonds is 4. The van der Waals surface area contributed by atoms with E-state index in [1.54, 1.807) is 0 Å². The second-order valence-corrected chi connectivity index (χ2v) is 5.92. The lowest BCUT2D eigenvalue weighted by molar-refractivity contribution is -0.142. The van der Waals surface area contributed by atoms with Crippen molar-refractivity contribution in [1.29, 1.82) is 0 Å². The Labute approximate surface area is 109 Å². The van der Waals surface area contributed by atoms with Crippen molar-refractivity contribution in [2.45, 2.75) is 50.7 Å². The molecule has 18 heavy (non-hydrogen) atoms. The Balaban J connectivity index is 1.58. The molecule has 4 nitrogen and oxygen atoms in total. The molecule has 1 saturated carbocycles. The molecule has 1 amide bonds. The number of hydrogen-bond acceptors (Lipinski definition) is 3. The zero-order valence-electron chi connectivity index (χ0n) is 11.1. The minimum Gasteiger partial charge on any atom is -0.368 e. The highest BCUT2D eigenvalue weighted by Gasteiger charge is 2.38. The largest absolute Gasteiger partial charge is 0.368 e. The number of amides is 1. The molecule has 1 aliphatic carbocycles. The topological polar surface area (TPSA) is 41.6 Å². The predicted octanol–water partition coefficient (Wildman–Crippen LogP) is 1.16. The Hall–Kier alpha value is -0.610. The third kappa shape index (κ3) is 2.86. The first-order valence-electron chi connectivity index (χ1n) is 7.47. The van der Waals surface area contributed by atoms with Crippen LogP contribution in [0, 0.1) is 5.92 Å². The van der Waals surface area contributed by atoms with Crippen molar-refractivity contribution in [3.8, 4) is 0 Å². The van der Waals surface area contributed by atoms with E-state index in [9.17, 15) is 4.79 Å². The highest BCUT2D eigenvalue weighted by molar-refractivity contribution is 5.81. The molecular formula is C14H24N2O2. The van der Waals surface area contributed by atoms with Gasteiger partial charge in [-0.25, -0.2) is 0 Å². The molecule has 3 fully saturated rings. The van der Waals surface area contributed by atoms with Gasteiger partial charge >= 0.3 is 0 Å². The van der Waals surface area contributed by atoms with Crippen LogP contribution in [-0.2, 0) is 9.53 Å². The molecule has 3 aliphatic rings. The van der Waals surface area contributed by atoms with Crippen LogP contribution in [0.3, 0.4) is 0 Å². The Morgan fingerprint density at radius 2 is 1.94 bits per heavy atom. The summed E-state index contributed by atoms with van der Waals surface area (Å²) >= 11 is 0. The first kappa shape index (κ1) is 12.4. The van der Waals surface area contributed by atoms with E-state index < -0.39 is 0 Å². The summed E-state index contributed by atoms with van der Waals surface area (Å²) in [5.74, 6) is 0.964. The van der Waals surface area contributed by atoms with E-state index in [0.29, 0.717) is 12.0 Å². The smallest absolute Gasteiger partial charge is 0.251 e. The molecule has 1 N–H and O–H groups in total. The van der Waals surface area contributed by atoms with Gasteiger partial charge < -0.3 is 15.0 Å². The number of carbonyl (C=O) groups is 1. The molecule has 0 aromatic rings. The average Bonchev–Trinajstić information content (AvgIpc) is 3.10. The molecule has 0 aromatic heterocycles. The van der Waals surface area contributed by atoms with Crippen LogP contribution < -0.4 is 5.32 Å². The summed E-state index contributed by atoms with van der Waals surface area (Å²) in [6, 6.07) is 0.525. The number of ether oxygens (including phenoxy) is 1. The summed E-state index contributed by atoms with van der Waals surface area (Å²) in [7, 11) is 0. The Kier molecular flexibility index (Phi) is 3.85. The second kappa shape index (κ2) is 5.57. The standard InChI is InChI=1S/C14H24N2O2/c17-14(13-2-1-9-18-13)16(12-3-4-12)10-11-5-7-15-8-6-11/h11-13,15H,1-10H2/t13-/m0/s1. The molecule has 0 radical (unpaired) electrons. The van der Waals surface area contributed by atoms with Crippen LogP contribution >= 0.6 is 0 Å². The highest BCUT2D eigenvalue weighted by atomic mass is 16.5. The highest BCUT2D eigenvalue weighted by Crippen LogP contribution is 2.31. The van der Waals surface area contributed by atoms with Crippen LogP contribution in [0.15, 0.2) is 0 Å². The zero-order valence-corrected chi connectivity index (χ0v) is 11.1. The Bertz CT molecular complexity index is 292. The summed E-state index contributed by atoms with van der Waals surface area (Å²) in [4.78, 5) is 14.6. The van der Waals surface area contributed by atoms with E-state index in [1.165, 1.54) is 25.7 Å². The molecule has 0 unspecified atom stereocenters. The normalized spacial score (nSPS) is 29.4. The fourth-order valence-corrected chi connectivity index (χ4v) is 3.11. The van der Waals surface area contributed by atoms with E-state index in [4.69, 9.17) is 4.74 Å². The van der Waals surface area contributed by atoms with Crippen LogP contribution in [0.5, 0.6) is 0 Å². The fraction of sp³-hybridized carbons (Fsp3) is 0.929. The number of nitrogens with one attached hydrogen (secondary N) is 1. The van der Waals surface area contributed by atoms with Crippen molar-refractivity contribution >= 4 is 5.91 Å². The van der Waals surface area contributed by atoms with Gasteiger partial charge in [0, 0.05) is 19.2 Å². The maximum atomic E-state index is 12.5. The third-order valence-electron chi connectivity index (χ3n) is 4.39. The fourth-order valence-electron chi connectivity index (χ4n) is 3.11. The van der Waals surface area contributed by atoms with E-state index in [2.05, 4.69) is 10.2 Å². The Morgan fingerprint density at radius 1 is 1.17 bits per heavy atom. The molecule has 0 bridgehead atoms. The number of piperidine rings is 1. The van der Waals surface area contributed by atoms with Gasteiger partial charge in [0.1, 0.15) is 6.10 Å². The predicted molar refractivity (Wildman–Crippen MR) is 69.3 cm³/mol. The zero-order chi connectivity index (χ0) is 12.4. The Morgan fingerprint density at radius 3 is 2.56 bits per heavy atom. The van der Waals surface area contributed by atoms with Crippen molar-refractivity contribution < 1.29 is 9.53 Å². The van der Waals surface area contributed by atoms with Gasteiger partial charge in [0.05, 0.1) is 0 Å². The van der Waals surface area contributed by atoms with Gasteiger partial charge in [-0.3, -0.25) is 4.79 Å². The third-order valence-corrected chi connectivity index (χ3v) is 4.39. The molecule has 0 aromatic carbocycles. The molecule has 3 rings (SSSR count). The van der Waals surface area contributed by atoms with Crippen LogP contribution in [0.25, 0.3) is 0 Å². The summed E-state index contributed by atoms with van der Waals surface area (Å²) in [6.07, 6.45) is 6.65. The summed E-state index contributed by atoms with van der Waals surface area (Å²) in [6.45, 7) is 3.95. The molecule has 102 valence electrons. The number of carbonyl (C=O) groups excluding carboxylic acids is 1. The van der Waals surface area contributed by atoms with Crippen LogP contribution in [-0.4, -0.2) is 49.2 Å². The van der Waals surface area contributed by atoms with Crippen molar-refractivity contribution in [1.82, 2.24) is 10.2 Å². The van der Waals surface area contributed by atoms with Crippen molar-refractivity contribution in [2.75, 3.05) is 26.2 Å². The first-order chi connectivity index (χ1) is 8.84. The summed E-state index contributed by atoms with van der Waals surface area (Å²) in [5, 5.41) is 3.39. The van der Waals surface area contributed by atoms with Crippen molar-refractivity contribution in [2.24, 2.45) is 5.92 Å². The molecule has 0 spiro atoms. The van der Waals surface area contributed by atoms with Gasteiger partial charge in [-0.15, -0.1) is 0 Å². The SMILES string of the molecule is O=C([C@@H]1CCCO1)N(CC1CCNCC1)C1CC1. The minimum absolute atomic E-state index is 0.132. The van der Waals surface area contributed by atoms with Gasteiger partial charge in [0.25, 0.3) is 5.91 Å². The van der Waals surface area contributed by atoms with Gasteiger partial charge in [-0.1, -0.05) is 0 Å². The van der Waals surface area contributed by atoms with Crippen molar-refractivity contribution in [3.63, 3.8) is 0 Å². The molecule has 2 saturated heterocycles. The molecule has 4 heteroatoms. The number of nitrogens with zero attached hydrogens (tertiary/aromatic N) is 1. The minimum atomic E-state index is -0.132. The molecule has 2 heterocycles. The molecular weight excluding hydrogens is 228 g/mol. The first-order valence-corrected chi connectivity index (χ1v) is 7.47. The van der Waals surface area contributed by atoms with E-state index in [0.717, 1.165) is 39.1 Å². The second-order valence-electron chi connectivity index (χ2n) is 5.92. The average molecular weight is 252 g/mol. The van der Waals surface area contributed by atoms with E-state index in [-0.39, 0.29) is 12.0 Å².